The second-order valence-electron chi connectivity index (χ2n) is 2.83. The Kier molecular flexibility index (Phi) is 3.53. The fourth-order valence-electron chi connectivity index (χ4n) is 1.11. The zero-order valence-electron chi connectivity index (χ0n) is 7.89. The molecular formula is C10H9ClN2OS. The van der Waals surface area contributed by atoms with Crippen molar-refractivity contribution in [2.75, 3.05) is 6.61 Å². The van der Waals surface area contributed by atoms with Crippen LogP contribution in [0.1, 0.15) is 4.88 Å². The number of rotatable bonds is 4. The first-order valence-electron chi connectivity index (χ1n) is 4.48. The molecule has 78 valence electrons. The molecule has 0 aliphatic heterocycles. The minimum Gasteiger partial charge on any atom is -0.475 e. The average Bonchev–Trinajstić information content (AvgIpc) is 2.74. The van der Waals surface area contributed by atoms with E-state index < -0.39 is 0 Å². The van der Waals surface area contributed by atoms with E-state index in [1.165, 1.54) is 11.1 Å². The normalized spacial score (nSPS) is 10.2. The second-order valence-corrected chi connectivity index (χ2v) is 4.22. The minimum absolute atomic E-state index is 0.309. The Balaban J connectivity index is 1.86. The summed E-state index contributed by atoms with van der Waals surface area (Å²) in [6.07, 6.45) is 3.96. The Bertz CT molecular complexity index is 419. The largest absolute Gasteiger partial charge is 0.475 e. The van der Waals surface area contributed by atoms with E-state index in [0.29, 0.717) is 17.6 Å². The highest BCUT2D eigenvalue weighted by Crippen LogP contribution is 2.17. The maximum absolute atomic E-state index is 5.79. The summed E-state index contributed by atoms with van der Waals surface area (Å²) in [5, 5.41) is 2.36. The molecule has 2 aromatic rings. The van der Waals surface area contributed by atoms with Crippen LogP contribution in [0.5, 0.6) is 5.88 Å². The monoisotopic (exact) mass is 240 g/mol. The number of hydrogen-bond donors (Lipinski definition) is 0. The average molecular weight is 241 g/mol. The summed E-state index contributed by atoms with van der Waals surface area (Å²) in [4.78, 5) is 9.15. The van der Waals surface area contributed by atoms with Gasteiger partial charge in [0.25, 0.3) is 5.88 Å². The molecule has 2 rings (SSSR count). The topological polar surface area (TPSA) is 35.0 Å². The molecule has 0 saturated heterocycles. The van der Waals surface area contributed by atoms with E-state index in [4.69, 9.17) is 16.3 Å². The Morgan fingerprint density at radius 2 is 2.20 bits per heavy atom. The van der Waals surface area contributed by atoms with E-state index in [9.17, 15) is 0 Å². The standard InChI is InChI=1S/C10H9ClN2OS/c11-9-10(13-5-4-12-9)14-6-3-8-2-1-7-15-8/h1-2,4-5,7H,3,6H2. The van der Waals surface area contributed by atoms with Crippen LogP contribution in [-0.2, 0) is 6.42 Å². The van der Waals surface area contributed by atoms with Crippen molar-refractivity contribution < 1.29 is 4.74 Å². The lowest BCUT2D eigenvalue weighted by Crippen LogP contribution is -2.02. The van der Waals surface area contributed by atoms with Crippen molar-refractivity contribution in [2.24, 2.45) is 0 Å². The second kappa shape index (κ2) is 5.09. The molecular weight excluding hydrogens is 232 g/mol. The van der Waals surface area contributed by atoms with Gasteiger partial charge in [-0.05, 0) is 11.4 Å². The van der Waals surface area contributed by atoms with Crippen molar-refractivity contribution in [2.45, 2.75) is 6.42 Å². The van der Waals surface area contributed by atoms with Crippen molar-refractivity contribution in [1.29, 1.82) is 0 Å². The van der Waals surface area contributed by atoms with Crippen molar-refractivity contribution in [3.8, 4) is 5.88 Å². The van der Waals surface area contributed by atoms with Gasteiger partial charge >= 0.3 is 0 Å². The lowest BCUT2D eigenvalue weighted by Gasteiger charge is -2.04. The van der Waals surface area contributed by atoms with Crippen molar-refractivity contribution in [1.82, 2.24) is 9.97 Å². The summed E-state index contributed by atoms with van der Waals surface area (Å²) < 4.78 is 5.41. The van der Waals surface area contributed by atoms with Crippen LogP contribution in [-0.4, -0.2) is 16.6 Å². The predicted octanol–water partition coefficient (Wildman–Crippen LogP) is 2.81. The van der Waals surface area contributed by atoms with Gasteiger partial charge < -0.3 is 4.74 Å². The quantitative estimate of drug-likeness (QED) is 0.824. The summed E-state index contributed by atoms with van der Waals surface area (Å²) in [7, 11) is 0. The summed E-state index contributed by atoms with van der Waals surface area (Å²) in [6.45, 7) is 0.568. The van der Waals surface area contributed by atoms with Crippen molar-refractivity contribution in [3.63, 3.8) is 0 Å². The third kappa shape index (κ3) is 2.91. The maximum atomic E-state index is 5.79. The molecule has 0 fully saturated rings. The molecule has 0 aromatic carbocycles. The van der Waals surface area contributed by atoms with Crippen molar-refractivity contribution >= 4 is 22.9 Å². The minimum atomic E-state index is 0.309. The smallest absolute Gasteiger partial charge is 0.252 e. The van der Waals surface area contributed by atoms with Crippen LogP contribution in [0.4, 0.5) is 0 Å². The summed E-state index contributed by atoms with van der Waals surface area (Å²) in [5.41, 5.74) is 0. The van der Waals surface area contributed by atoms with E-state index >= 15 is 0 Å². The van der Waals surface area contributed by atoms with Crippen LogP contribution in [0.3, 0.4) is 0 Å². The first-order valence-corrected chi connectivity index (χ1v) is 5.74. The zero-order chi connectivity index (χ0) is 10.5. The number of thiophene rings is 1. The molecule has 0 aliphatic rings. The molecule has 0 amide bonds. The SMILES string of the molecule is Clc1nccnc1OCCc1cccs1. The number of halogens is 1. The highest BCUT2D eigenvalue weighted by molar-refractivity contribution is 7.09. The third-order valence-corrected chi connectivity index (χ3v) is 2.99. The fraction of sp³-hybridized carbons (Fsp3) is 0.200. The lowest BCUT2D eigenvalue weighted by atomic mass is 10.4. The maximum Gasteiger partial charge on any atom is 0.252 e. The Morgan fingerprint density at radius 1 is 1.33 bits per heavy atom. The molecule has 0 unspecified atom stereocenters. The molecule has 0 bridgehead atoms. The van der Waals surface area contributed by atoms with Crippen LogP contribution < -0.4 is 4.74 Å². The molecule has 2 heterocycles. The van der Waals surface area contributed by atoms with Crippen LogP contribution in [0, 0.1) is 0 Å². The van der Waals surface area contributed by atoms with Gasteiger partial charge in [0.2, 0.25) is 0 Å². The molecule has 0 aliphatic carbocycles. The Morgan fingerprint density at radius 3 is 2.93 bits per heavy atom. The van der Waals surface area contributed by atoms with Gasteiger partial charge in [-0.2, -0.15) is 0 Å². The van der Waals surface area contributed by atoms with Gasteiger partial charge in [-0.1, -0.05) is 17.7 Å². The number of aromatic nitrogens is 2. The zero-order valence-corrected chi connectivity index (χ0v) is 9.46. The van der Waals surface area contributed by atoms with Gasteiger partial charge in [0.05, 0.1) is 6.61 Å². The molecule has 2 aromatic heterocycles. The molecule has 0 spiro atoms. The molecule has 5 heteroatoms. The fourth-order valence-corrected chi connectivity index (χ4v) is 1.96. The molecule has 0 N–H and O–H groups in total. The number of nitrogens with zero attached hydrogens (tertiary/aromatic N) is 2. The Labute approximate surface area is 96.7 Å². The molecule has 15 heavy (non-hydrogen) atoms. The predicted molar refractivity (Wildman–Crippen MR) is 60.6 cm³/mol. The van der Waals surface area contributed by atoms with E-state index in [-0.39, 0.29) is 0 Å². The van der Waals surface area contributed by atoms with Gasteiger partial charge in [-0.3, -0.25) is 0 Å². The van der Waals surface area contributed by atoms with Crippen LogP contribution in [0.2, 0.25) is 5.15 Å². The van der Waals surface area contributed by atoms with E-state index in [1.54, 1.807) is 17.5 Å². The van der Waals surface area contributed by atoms with E-state index in [2.05, 4.69) is 16.0 Å². The highest BCUT2D eigenvalue weighted by atomic mass is 35.5. The van der Waals surface area contributed by atoms with Crippen LogP contribution >= 0.6 is 22.9 Å². The van der Waals surface area contributed by atoms with Crippen LogP contribution in [0.25, 0.3) is 0 Å². The molecule has 0 atom stereocenters. The molecule has 0 saturated carbocycles. The Hall–Kier alpha value is -1.13. The van der Waals surface area contributed by atoms with Gasteiger partial charge in [-0.25, -0.2) is 9.97 Å². The summed E-state index contributed by atoms with van der Waals surface area (Å²) in [5.74, 6) is 0.399. The van der Waals surface area contributed by atoms with Gasteiger partial charge in [0.1, 0.15) is 0 Å². The van der Waals surface area contributed by atoms with E-state index in [1.807, 2.05) is 11.4 Å². The molecule has 3 nitrogen and oxygen atoms in total. The number of hydrogen-bond acceptors (Lipinski definition) is 4. The first-order chi connectivity index (χ1) is 7.36. The number of ether oxygens (including phenoxy) is 1. The van der Waals surface area contributed by atoms with E-state index in [0.717, 1.165) is 6.42 Å². The van der Waals surface area contributed by atoms with Gasteiger partial charge in [0.15, 0.2) is 5.15 Å². The van der Waals surface area contributed by atoms with Crippen molar-refractivity contribution in [3.05, 3.63) is 39.9 Å². The van der Waals surface area contributed by atoms with Gasteiger partial charge in [-0.15, -0.1) is 11.3 Å². The molecule has 0 radical (unpaired) electrons. The third-order valence-electron chi connectivity index (χ3n) is 1.79. The summed E-state index contributed by atoms with van der Waals surface area (Å²) >= 11 is 7.50. The first kappa shape index (κ1) is 10.4. The van der Waals surface area contributed by atoms with Gasteiger partial charge in [0, 0.05) is 23.7 Å². The highest BCUT2D eigenvalue weighted by Gasteiger charge is 2.02. The summed E-state index contributed by atoms with van der Waals surface area (Å²) in [6, 6.07) is 4.10. The van der Waals surface area contributed by atoms with Crippen LogP contribution in [0.15, 0.2) is 29.9 Å². The lowest BCUT2D eigenvalue weighted by molar-refractivity contribution is 0.309.